The molecule has 9 nitrogen and oxygen atoms in total. The van der Waals surface area contributed by atoms with Crippen LogP contribution in [0, 0.1) is 5.82 Å². The Morgan fingerprint density at radius 2 is 1.78 bits per heavy atom. The predicted molar refractivity (Wildman–Crippen MR) is 141 cm³/mol. The van der Waals surface area contributed by atoms with Crippen LogP contribution in [0.5, 0.6) is 0 Å². The van der Waals surface area contributed by atoms with E-state index in [1.807, 2.05) is 13.8 Å². The first-order valence-corrected chi connectivity index (χ1v) is 14.0. The van der Waals surface area contributed by atoms with Crippen molar-refractivity contribution in [3.63, 3.8) is 0 Å². The Labute approximate surface area is 217 Å². The van der Waals surface area contributed by atoms with E-state index < -0.39 is 39.4 Å². The summed E-state index contributed by atoms with van der Waals surface area (Å²) >= 11 is 0. The molecule has 0 unspecified atom stereocenters. The number of aliphatic hydroxyl groups is 2. The Morgan fingerprint density at radius 3 is 2.32 bits per heavy atom. The van der Waals surface area contributed by atoms with Crippen molar-refractivity contribution in [1.82, 2.24) is 9.97 Å². The van der Waals surface area contributed by atoms with Crippen LogP contribution in [0.2, 0.25) is 0 Å². The van der Waals surface area contributed by atoms with Crippen LogP contribution in [0.3, 0.4) is 0 Å². The first-order valence-electron chi connectivity index (χ1n) is 11.9. The fourth-order valence-electron chi connectivity index (χ4n) is 3.42. The molecule has 0 aliphatic carbocycles. The maximum absolute atomic E-state index is 13.6. The summed E-state index contributed by atoms with van der Waals surface area (Å²) in [7, 11) is -3.35. The lowest BCUT2D eigenvalue weighted by atomic mass is 9.97. The number of aromatic nitrogens is 2. The lowest BCUT2D eigenvalue weighted by Gasteiger charge is -2.21. The smallest absolute Gasteiger partial charge is 0.308 e. The Morgan fingerprint density at radius 1 is 1.16 bits per heavy atom. The SMILES string of the molecule is CC(C)c1nc(NCS(C)(=O)=O)nc(-c2ccc(F)cc2)c1/C=C/[C@@H](O)C[C@@H](O)CC(=O)OC(C)(C)C. The number of aliphatic hydroxyl groups excluding tert-OH is 2. The van der Waals surface area contributed by atoms with Crippen LogP contribution in [-0.2, 0) is 19.4 Å². The van der Waals surface area contributed by atoms with E-state index in [9.17, 15) is 27.8 Å². The predicted octanol–water partition coefficient (Wildman–Crippen LogP) is 3.68. The number of halogens is 1. The number of hydrogen-bond acceptors (Lipinski definition) is 9. The largest absolute Gasteiger partial charge is 0.460 e. The molecular weight excluding hydrogens is 501 g/mol. The lowest BCUT2D eigenvalue weighted by Crippen LogP contribution is -2.27. The Kier molecular flexibility index (Phi) is 10.3. The number of nitrogens with one attached hydrogen (secondary N) is 1. The molecule has 0 spiro atoms. The van der Waals surface area contributed by atoms with E-state index in [0.717, 1.165) is 6.26 Å². The van der Waals surface area contributed by atoms with Crippen molar-refractivity contribution in [2.24, 2.45) is 0 Å². The molecular formula is C26H36FN3O6S. The minimum absolute atomic E-state index is 0.0962. The minimum Gasteiger partial charge on any atom is -0.460 e. The first-order chi connectivity index (χ1) is 17.0. The second-order valence-electron chi connectivity index (χ2n) is 10.2. The normalized spacial score (nSPS) is 14.1. The number of nitrogens with zero attached hydrogens (tertiary/aromatic N) is 2. The molecule has 0 fully saturated rings. The van der Waals surface area contributed by atoms with Gasteiger partial charge in [0.2, 0.25) is 5.95 Å². The topological polar surface area (TPSA) is 139 Å². The highest BCUT2D eigenvalue weighted by Crippen LogP contribution is 2.30. The second kappa shape index (κ2) is 12.6. The molecule has 0 saturated heterocycles. The Balaban J connectivity index is 2.38. The fourth-order valence-corrected chi connectivity index (χ4v) is 3.81. The summed E-state index contributed by atoms with van der Waals surface area (Å²) in [6.45, 7) is 8.97. The van der Waals surface area contributed by atoms with E-state index in [1.54, 1.807) is 39.0 Å². The molecule has 1 aromatic heterocycles. The number of ether oxygens (including phenoxy) is 1. The molecule has 0 amide bonds. The van der Waals surface area contributed by atoms with Crippen LogP contribution in [0.4, 0.5) is 10.3 Å². The monoisotopic (exact) mass is 537 g/mol. The average Bonchev–Trinajstić information content (AvgIpc) is 2.74. The third-order valence-corrected chi connectivity index (χ3v) is 5.62. The minimum atomic E-state index is -3.35. The van der Waals surface area contributed by atoms with Gasteiger partial charge in [0.1, 0.15) is 17.3 Å². The third-order valence-electron chi connectivity index (χ3n) is 4.95. The van der Waals surface area contributed by atoms with Crippen molar-refractivity contribution < 1.29 is 32.6 Å². The van der Waals surface area contributed by atoms with E-state index >= 15 is 0 Å². The average molecular weight is 538 g/mol. The third kappa shape index (κ3) is 10.6. The van der Waals surface area contributed by atoms with Crippen LogP contribution in [0.15, 0.2) is 30.3 Å². The van der Waals surface area contributed by atoms with Gasteiger partial charge in [-0.05, 0) is 51.0 Å². The number of esters is 1. The molecule has 2 rings (SSSR count). The van der Waals surface area contributed by atoms with Crippen LogP contribution in [0.1, 0.15) is 64.6 Å². The lowest BCUT2D eigenvalue weighted by molar-refractivity contribution is -0.157. The summed E-state index contributed by atoms with van der Waals surface area (Å²) in [6, 6.07) is 5.65. The van der Waals surface area contributed by atoms with Crippen LogP contribution in [0.25, 0.3) is 17.3 Å². The molecule has 0 saturated carbocycles. The van der Waals surface area contributed by atoms with Gasteiger partial charge in [0.15, 0.2) is 9.84 Å². The fraction of sp³-hybridized carbons (Fsp3) is 0.500. The zero-order valence-corrected chi connectivity index (χ0v) is 22.8. The summed E-state index contributed by atoms with van der Waals surface area (Å²) < 4.78 is 42.1. The summed E-state index contributed by atoms with van der Waals surface area (Å²) in [5, 5.41) is 23.5. The van der Waals surface area contributed by atoms with Gasteiger partial charge in [0.25, 0.3) is 0 Å². The highest BCUT2D eigenvalue weighted by atomic mass is 32.2. The van der Waals surface area contributed by atoms with Crippen LogP contribution < -0.4 is 5.32 Å². The Hall–Kier alpha value is -2.89. The molecule has 11 heteroatoms. The number of benzene rings is 1. The Bertz CT molecular complexity index is 1210. The van der Waals surface area contributed by atoms with E-state index in [0.29, 0.717) is 22.5 Å². The van der Waals surface area contributed by atoms with Gasteiger partial charge in [0.05, 0.1) is 30.0 Å². The summed E-state index contributed by atoms with van der Waals surface area (Å²) in [6.07, 6.45) is 1.58. The van der Waals surface area contributed by atoms with Crippen molar-refractivity contribution in [2.45, 2.75) is 71.2 Å². The summed E-state index contributed by atoms with van der Waals surface area (Å²) in [4.78, 5) is 20.9. The van der Waals surface area contributed by atoms with Gasteiger partial charge >= 0.3 is 5.97 Å². The van der Waals surface area contributed by atoms with Crippen molar-refractivity contribution in [1.29, 1.82) is 0 Å². The second-order valence-corrected chi connectivity index (χ2v) is 12.3. The summed E-state index contributed by atoms with van der Waals surface area (Å²) in [5.41, 5.74) is 1.41. The maximum atomic E-state index is 13.6. The van der Waals surface area contributed by atoms with E-state index in [1.165, 1.54) is 18.2 Å². The number of hydrogen-bond donors (Lipinski definition) is 3. The molecule has 0 aliphatic heterocycles. The van der Waals surface area contributed by atoms with Gasteiger partial charge in [-0.3, -0.25) is 4.79 Å². The van der Waals surface area contributed by atoms with E-state index in [-0.39, 0.29) is 30.6 Å². The standard InChI is InChI=1S/C26H36FN3O6S/c1-16(2)23-21(12-11-19(31)13-20(32)14-22(33)36-26(3,4)5)24(17-7-9-18(27)10-8-17)30-25(29-23)28-15-37(6,34)35/h7-12,16,19-20,31-32H,13-15H2,1-6H3,(H,28,29,30)/b12-11+/t19-,20-/m1/s1. The van der Waals surface area contributed by atoms with Crippen molar-refractivity contribution in [3.05, 3.63) is 47.4 Å². The van der Waals surface area contributed by atoms with Gasteiger partial charge in [-0.1, -0.05) is 26.0 Å². The number of carbonyl (C=O) groups excluding carboxylic acids is 1. The van der Waals surface area contributed by atoms with Crippen molar-refractivity contribution in [2.75, 3.05) is 17.4 Å². The molecule has 0 radical (unpaired) electrons. The molecule has 2 atom stereocenters. The van der Waals surface area contributed by atoms with E-state index in [2.05, 4.69) is 15.3 Å². The van der Waals surface area contributed by atoms with Gasteiger partial charge in [0, 0.05) is 23.8 Å². The van der Waals surface area contributed by atoms with Gasteiger partial charge in [-0.15, -0.1) is 0 Å². The van der Waals surface area contributed by atoms with E-state index in [4.69, 9.17) is 4.74 Å². The number of carbonyl (C=O) groups is 1. The molecule has 37 heavy (non-hydrogen) atoms. The summed E-state index contributed by atoms with van der Waals surface area (Å²) in [5.74, 6) is -1.38. The molecule has 0 bridgehead atoms. The molecule has 2 aromatic rings. The van der Waals surface area contributed by atoms with Gasteiger partial charge < -0.3 is 20.3 Å². The van der Waals surface area contributed by atoms with Crippen molar-refractivity contribution >= 4 is 27.8 Å². The highest BCUT2D eigenvalue weighted by Gasteiger charge is 2.21. The van der Waals surface area contributed by atoms with Crippen molar-refractivity contribution in [3.8, 4) is 11.3 Å². The molecule has 1 heterocycles. The molecule has 1 aromatic carbocycles. The first kappa shape index (κ1) is 30.3. The van der Waals surface area contributed by atoms with Gasteiger partial charge in [-0.2, -0.15) is 0 Å². The zero-order valence-electron chi connectivity index (χ0n) is 22.0. The number of sulfone groups is 1. The van der Waals surface area contributed by atoms with Crippen LogP contribution in [-0.4, -0.2) is 64.5 Å². The highest BCUT2D eigenvalue weighted by molar-refractivity contribution is 7.90. The molecule has 204 valence electrons. The van der Waals surface area contributed by atoms with Crippen LogP contribution >= 0.6 is 0 Å². The maximum Gasteiger partial charge on any atom is 0.308 e. The quantitative estimate of drug-likeness (QED) is 0.366. The number of rotatable bonds is 11. The number of anilines is 1. The molecule has 0 aliphatic rings. The molecule has 3 N–H and O–H groups in total. The van der Waals surface area contributed by atoms with Gasteiger partial charge in [-0.25, -0.2) is 22.8 Å². The zero-order chi connectivity index (χ0) is 28.0.